The van der Waals surface area contributed by atoms with Crippen molar-refractivity contribution in [2.75, 3.05) is 20.2 Å². The number of halogens is 1. The van der Waals surface area contributed by atoms with Crippen LogP contribution in [0.2, 0.25) is 5.02 Å². The molecule has 0 aromatic heterocycles. The van der Waals surface area contributed by atoms with Crippen molar-refractivity contribution in [2.45, 2.75) is 31.8 Å². The van der Waals surface area contributed by atoms with Crippen molar-refractivity contribution in [3.63, 3.8) is 0 Å². The Bertz CT molecular complexity index is 1020. The molecule has 2 rings (SSSR count). The van der Waals surface area contributed by atoms with Crippen LogP contribution >= 0.6 is 11.6 Å². The topological polar surface area (TPSA) is 90.0 Å². The van der Waals surface area contributed by atoms with Gasteiger partial charge in [-0.2, -0.15) is 4.31 Å². The number of esters is 1. The Kier molecular flexibility index (Phi) is 8.00. The summed E-state index contributed by atoms with van der Waals surface area (Å²) < 4.78 is 37.0. The zero-order valence-electron chi connectivity index (χ0n) is 17.2. The lowest BCUT2D eigenvalue weighted by Crippen LogP contribution is -2.31. The van der Waals surface area contributed by atoms with Crippen LogP contribution in [-0.2, 0) is 14.8 Å². The molecular weight excluding hydrogens is 430 g/mol. The van der Waals surface area contributed by atoms with E-state index in [9.17, 15) is 18.0 Å². The molecule has 0 spiro atoms. The number of ketones is 1. The molecule has 0 saturated heterocycles. The molecule has 0 aliphatic rings. The molecule has 2 aromatic rings. The fourth-order valence-corrected chi connectivity index (χ4v) is 4.48. The van der Waals surface area contributed by atoms with Crippen LogP contribution in [-0.4, -0.2) is 50.8 Å². The van der Waals surface area contributed by atoms with Crippen molar-refractivity contribution in [3.8, 4) is 5.75 Å². The lowest BCUT2D eigenvalue weighted by molar-refractivity contribution is 0.0318. The van der Waals surface area contributed by atoms with E-state index in [0.29, 0.717) is 11.3 Å². The first kappa shape index (κ1) is 23.9. The van der Waals surface area contributed by atoms with E-state index in [1.807, 2.05) is 0 Å². The van der Waals surface area contributed by atoms with Crippen LogP contribution in [0.5, 0.6) is 5.75 Å². The number of hydrogen-bond donors (Lipinski definition) is 0. The Hall–Kier alpha value is -2.42. The van der Waals surface area contributed by atoms with Crippen molar-refractivity contribution in [1.29, 1.82) is 0 Å². The largest absolute Gasteiger partial charge is 0.497 e. The van der Waals surface area contributed by atoms with Gasteiger partial charge in [-0.3, -0.25) is 4.79 Å². The van der Waals surface area contributed by atoms with Gasteiger partial charge in [-0.15, -0.1) is 0 Å². The number of sulfonamides is 1. The van der Waals surface area contributed by atoms with E-state index >= 15 is 0 Å². The molecule has 0 aliphatic carbocycles. The first-order valence-corrected chi connectivity index (χ1v) is 11.2. The SMILES string of the molecule is CCN(CC)S(=O)(=O)c1ccc(Cl)c(C(=O)OC(C)C(=O)c2ccc(OC)cc2)c1. The highest BCUT2D eigenvalue weighted by Gasteiger charge is 2.26. The van der Waals surface area contributed by atoms with E-state index in [1.54, 1.807) is 38.1 Å². The number of methoxy groups -OCH3 is 1. The lowest BCUT2D eigenvalue weighted by Gasteiger charge is -2.19. The first-order valence-electron chi connectivity index (χ1n) is 9.34. The second kappa shape index (κ2) is 10.1. The second-order valence-electron chi connectivity index (χ2n) is 6.37. The van der Waals surface area contributed by atoms with Crippen molar-refractivity contribution < 1.29 is 27.5 Å². The number of Topliss-reactive ketones (excluding diaryl/α,β-unsaturated/α-hetero) is 1. The smallest absolute Gasteiger partial charge is 0.340 e. The zero-order valence-corrected chi connectivity index (χ0v) is 18.8. The van der Waals surface area contributed by atoms with Crippen molar-refractivity contribution in [2.24, 2.45) is 0 Å². The molecule has 7 nitrogen and oxygen atoms in total. The Morgan fingerprint density at radius 3 is 2.20 bits per heavy atom. The maximum absolute atomic E-state index is 12.7. The molecular formula is C21H24ClNO6S. The Morgan fingerprint density at radius 1 is 1.07 bits per heavy atom. The summed E-state index contributed by atoms with van der Waals surface area (Å²) in [5.74, 6) is -0.700. The van der Waals surface area contributed by atoms with Crippen LogP contribution < -0.4 is 4.74 Å². The first-order chi connectivity index (χ1) is 14.1. The summed E-state index contributed by atoms with van der Waals surface area (Å²) in [6, 6.07) is 10.2. The predicted octanol–water partition coefficient (Wildman–Crippen LogP) is 3.81. The van der Waals surface area contributed by atoms with Gasteiger partial charge in [-0.25, -0.2) is 13.2 Å². The number of rotatable bonds is 9. The van der Waals surface area contributed by atoms with Crippen LogP contribution in [0.25, 0.3) is 0 Å². The molecule has 1 atom stereocenters. The summed E-state index contributed by atoms with van der Waals surface area (Å²) in [6.45, 7) is 5.45. The average molecular weight is 454 g/mol. The van der Waals surface area contributed by atoms with Gasteiger partial charge in [-0.05, 0) is 49.4 Å². The number of carbonyl (C=O) groups is 2. The normalized spacial score (nSPS) is 12.5. The molecule has 9 heteroatoms. The summed E-state index contributed by atoms with van der Waals surface area (Å²) >= 11 is 6.09. The summed E-state index contributed by atoms with van der Waals surface area (Å²) in [4.78, 5) is 25.1. The lowest BCUT2D eigenvalue weighted by atomic mass is 10.1. The van der Waals surface area contributed by atoms with Gasteiger partial charge in [0.15, 0.2) is 6.10 Å². The van der Waals surface area contributed by atoms with E-state index < -0.39 is 27.9 Å². The van der Waals surface area contributed by atoms with Gasteiger partial charge in [0.2, 0.25) is 15.8 Å². The highest BCUT2D eigenvalue weighted by atomic mass is 35.5. The summed E-state index contributed by atoms with van der Waals surface area (Å²) in [7, 11) is -2.27. The minimum Gasteiger partial charge on any atom is -0.497 e. The molecule has 0 aliphatic heterocycles. The number of nitrogens with zero attached hydrogens (tertiary/aromatic N) is 1. The number of benzene rings is 2. The standard InChI is InChI=1S/C21H24ClNO6S/c1-5-23(6-2)30(26,27)17-11-12-19(22)18(13-17)21(25)29-14(3)20(24)15-7-9-16(28-4)10-8-15/h7-14H,5-6H2,1-4H3. The minimum absolute atomic E-state index is 0.0302. The van der Waals surface area contributed by atoms with Gasteiger partial charge >= 0.3 is 5.97 Å². The van der Waals surface area contributed by atoms with E-state index in [1.165, 1.54) is 36.5 Å². The van der Waals surface area contributed by atoms with Crippen LogP contribution in [0, 0.1) is 0 Å². The second-order valence-corrected chi connectivity index (χ2v) is 8.72. The molecule has 30 heavy (non-hydrogen) atoms. The quantitative estimate of drug-likeness (QED) is 0.423. The van der Waals surface area contributed by atoms with Crippen molar-refractivity contribution in [3.05, 3.63) is 58.6 Å². The summed E-state index contributed by atoms with van der Waals surface area (Å²) in [6.07, 6.45) is -1.09. The van der Waals surface area contributed by atoms with Crippen molar-refractivity contribution in [1.82, 2.24) is 4.31 Å². The van der Waals surface area contributed by atoms with Gasteiger partial charge in [0.05, 0.1) is 22.6 Å². The molecule has 2 aromatic carbocycles. The molecule has 0 amide bonds. The number of carbonyl (C=O) groups excluding carboxylic acids is 2. The molecule has 162 valence electrons. The van der Waals surface area contributed by atoms with Crippen LogP contribution in [0.15, 0.2) is 47.4 Å². The Morgan fingerprint density at radius 2 is 1.67 bits per heavy atom. The van der Waals surface area contributed by atoms with Gasteiger partial charge in [-0.1, -0.05) is 25.4 Å². The molecule has 0 bridgehead atoms. The van der Waals surface area contributed by atoms with E-state index in [-0.39, 0.29) is 28.6 Å². The fourth-order valence-electron chi connectivity index (χ4n) is 2.80. The predicted molar refractivity (Wildman–Crippen MR) is 114 cm³/mol. The highest BCUT2D eigenvalue weighted by Crippen LogP contribution is 2.24. The number of ether oxygens (including phenoxy) is 2. The van der Waals surface area contributed by atoms with Crippen LogP contribution in [0.3, 0.4) is 0 Å². The van der Waals surface area contributed by atoms with Crippen LogP contribution in [0.1, 0.15) is 41.5 Å². The molecule has 0 saturated carbocycles. The van der Waals surface area contributed by atoms with E-state index in [2.05, 4.69) is 0 Å². The Balaban J connectivity index is 2.24. The molecule has 0 radical (unpaired) electrons. The molecule has 0 N–H and O–H groups in total. The van der Waals surface area contributed by atoms with Gasteiger partial charge in [0.25, 0.3) is 0 Å². The average Bonchev–Trinajstić information content (AvgIpc) is 2.73. The third-order valence-corrected chi connectivity index (χ3v) is 6.90. The minimum atomic E-state index is -3.78. The maximum atomic E-state index is 12.7. The highest BCUT2D eigenvalue weighted by molar-refractivity contribution is 7.89. The fraction of sp³-hybridized carbons (Fsp3) is 0.333. The van der Waals surface area contributed by atoms with Gasteiger partial charge in [0, 0.05) is 18.7 Å². The third-order valence-electron chi connectivity index (χ3n) is 4.53. The monoisotopic (exact) mass is 453 g/mol. The van der Waals surface area contributed by atoms with Gasteiger partial charge < -0.3 is 9.47 Å². The third kappa shape index (κ3) is 5.19. The van der Waals surface area contributed by atoms with Gasteiger partial charge in [0.1, 0.15) is 5.75 Å². The maximum Gasteiger partial charge on any atom is 0.340 e. The molecule has 1 unspecified atom stereocenters. The summed E-state index contributed by atoms with van der Waals surface area (Å²) in [5, 5.41) is 0.0302. The van der Waals surface area contributed by atoms with E-state index in [4.69, 9.17) is 21.1 Å². The van der Waals surface area contributed by atoms with Crippen molar-refractivity contribution >= 4 is 33.4 Å². The van der Waals surface area contributed by atoms with Crippen LogP contribution in [0.4, 0.5) is 0 Å². The van der Waals surface area contributed by atoms with E-state index in [0.717, 1.165) is 0 Å². The number of hydrogen-bond acceptors (Lipinski definition) is 6. The Labute approximate surface area is 181 Å². The molecule has 0 heterocycles. The molecule has 0 fully saturated rings. The summed E-state index contributed by atoms with van der Waals surface area (Å²) in [5.41, 5.74) is 0.222. The zero-order chi connectivity index (χ0) is 22.5.